The van der Waals surface area contributed by atoms with Crippen LogP contribution in [0, 0.1) is 0 Å². The molecule has 0 fully saturated rings. The molecular weight excluding hydrogens is 156 g/mol. The Labute approximate surface area is 70.8 Å². The van der Waals surface area contributed by atoms with Crippen molar-refractivity contribution >= 4 is 17.9 Å². The summed E-state index contributed by atoms with van der Waals surface area (Å²) in [5, 5.41) is 0. The number of hydrogen-bond acceptors (Lipinski definition) is 3. The van der Waals surface area contributed by atoms with Gasteiger partial charge in [-0.3, -0.25) is 14.4 Å². The maximum Gasteiger partial charge on any atom is 0.229 e. The fourth-order valence-electron chi connectivity index (χ4n) is 0.490. The minimum absolute atomic E-state index is 0.204. The quantitative estimate of drug-likeness (QED) is 0.578. The zero-order chi connectivity index (χ0) is 9.56. The molecule has 0 saturated heterocycles. The summed E-state index contributed by atoms with van der Waals surface area (Å²) >= 11 is 0. The van der Waals surface area contributed by atoms with Crippen molar-refractivity contribution in [2.45, 2.75) is 13.8 Å². The monoisotopic (exact) mass is 165 g/mol. The summed E-state index contributed by atoms with van der Waals surface area (Å²) in [5.74, 6) is -0.587. The van der Waals surface area contributed by atoms with E-state index in [1.54, 1.807) is 6.29 Å². The summed E-state index contributed by atoms with van der Waals surface area (Å²) in [5.41, 5.74) is 0.216. The van der Waals surface area contributed by atoms with Gasteiger partial charge in [0.05, 0.1) is 0 Å². The third-order valence-corrected chi connectivity index (χ3v) is 1.00. The van der Waals surface area contributed by atoms with Gasteiger partial charge in [0.2, 0.25) is 6.29 Å². The Morgan fingerprint density at radius 2 is 1.75 bits per heavy atom. The molecule has 3 heteroatoms. The number of ketones is 2. The van der Waals surface area contributed by atoms with Gasteiger partial charge in [-0.05, 0) is 32.1 Å². The van der Waals surface area contributed by atoms with Crippen molar-refractivity contribution in [2.75, 3.05) is 0 Å². The molecule has 0 amide bonds. The molecule has 0 unspecified atom stereocenters. The molecule has 3 nitrogen and oxygen atoms in total. The SMILES string of the molecule is CC(=O)C=CC(=O)C=C(C)[C]=O. The zero-order valence-corrected chi connectivity index (χ0v) is 6.96. The van der Waals surface area contributed by atoms with Crippen LogP contribution in [0.4, 0.5) is 0 Å². The van der Waals surface area contributed by atoms with Crippen molar-refractivity contribution in [3.05, 3.63) is 23.8 Å². The van der Waals surface area contributed by atoms with Crippen LogP contribution >= 0.6 is 0 Å². The highest BCUT2D eigenvalue weighted by Gasteiger charge is 1.93. The minimum Gasteiger partial charge on any atom is -0.295 e. The molecule has 63 valence electrons. The van der Waals surface area contributed by atoms with E-state index in [4.69, 9.17) is 0 Å². The van der Waals surface area contributed by atoms with E-state index < -0.39 is 0 Å². The van der Waals surface area contributed by atoms with E-state index in [1.807, 2.05) is 0 Å². The summed E-state index contributed by atoms with van der Waals surface area (Å²) in [6.45, 7) is 2.80. The molecule has 0 atom stereocenters. The fourth-order valence-corrected chi connectivity index (χ4v) is 0.490. The molecule has 0 spiro atoms. The molecule has 12 heavy (non-hydrogen) atoms. The molecule has 0 bridgehead atoms. The standard InChI is InChI=1S/C9H9O3/c1-7(6-10)5-9(12)4-3-8(2)11/h3-5H,1-2H3. The normalized spacial score (nSPS) is 11.7. The molecule has 0 aromatic heterocycles. The van der Waals surface area contributed by atoms with Crippen LogP contribution in [0.2, 0.25) is 0 Å². The van der Waals surface area contributed by atoms with Gasteiger partial charge in [0.1, 0.15) is 0 Å². The fraction of sp³-hybridized carbons (Fsp3) is 0.222. The first-order valence-electron chi connectivity index (χ1n) is 3.35. The summed E-state index contributed by atoms with van der Waals surface area (Å²) in [6, 6.07) is 0. The van der Waals surface area contributed by atoms with Gasteiger partial charge in [0.25, 0.3) is 0 Å². The molecular formula is C9H9O3. The summed E-state index contributed by atoms with van der Waals surface area (Å²) in [4.78, 5) is 31.1. The third kappa shape index (κ3) is 5.29. The smallest absolute Gasteiger partial charge is 0.229 e. The van der Waals surface area contributed by atoms with Crippen molar-refractivity contribution in [3.8, 4) is 0 Å². The van der Waals surface area contributed by atoms with Gasteiger partial charge >= 0.3 is 0 Å². The van der Waals surface area contributed by atoms with Crippen LogP contribution in [0.3, 0.4) is 0 Å². The lowest BCUT2D eigenvalue weighted by Gasteiger charge is -1.83. The van der Waals surface area contributed by atoms with Crippen LogP contribution in [0.5, 0.6) is 0 Å². The van der Waals surface area contributed by atoms with Gasteiger partial charge in [-0.15, -0.1) is 0 Å². The summed E-state index contributed by atoms with van der Waals surface area (Å²) < 4.78 is 0. The molecule has 0 N–H and O–H groups in total. The second-order valence-corrected chi connectivity index (χ2v) is 2.28. The van der Waals surface area contributed by atoms with Crippen LogP contribution in [-0.4, -0.2) is 17.9 Å². The predicted molar refractivity (Wildman–Crippen MR) is 44.3 cm³/mol. The van der Waals surface area contributed by atoms with E-state index >= 15 is 0 Å². The van der Waals surface area contributed by atoms with Gasteiger partial charge in [0.15, 0.2) is 11.6 Å². The predicted octanol–water partition coefficient (Wildman–Crippen LogP) is 0.757. The maximum atomic E-state index is 10.8. The number of carbonyl (C=O) groups excluding carboxylic acids is 3. The Hall–Kier alpha value is -1.51. The molecule has 1 radical (unpaired) electrons. The van der Waals surface area contributed by atoms with Crippen molar-refractivity contribution in [2.24, 2.45) is 0 Å². The number of carbonyl (C=O) groups is 2. The van der Waals surface area contributed by atoms with E-state index in [9.17, 15) is 14.4 Å². The topological polar surface area (TPSA) is 51.2 Å². The number of rotatable bonds is 4. The zero-order valence-electron chi connectivity index (χ0n) is 6.96. The molecule has 0 saturated carbocycles. The average Bonchev–Trinajstić information content (AvgIpc) is 2.00. The lowest BCUT2D eigenvalue weighted by atomic mass is 10.2. The van der Waals surface area contributed by atoms with Crippen molar-refractivity contribution < 1.29 is 14.4 Å². The van der Waals surface area contributed by atoms with Gasteiger partial charge in [0, 0.05) is 5.57 Å². The van der Waals surface area contributed by atoms with E-state index in [0.29, 0.717) is 0 Å². The molecule has 0 heterocycles. The molecule has 0 aliphatic carbocycles. The van der Waals surface area contributed by atoms with Crippen LogP contribution in [0.25, 0.3) is 0 Å². The van der Waals surface area contributed by atoms with Crippen LogP contribution in [0.1, 0.15) is 13.8 Å². The Bertz CT molecular complexity index is 259. The molecule has 0 rings (SSSR count). The Balaban J connectivity index is 4.24. The molecule has 0 aliphatic rings. The Kier molecular flexibility index (Phi) is 4.53. The van der Waals surface area contributed by atoms with Crippen molar-refractivity contribution in [3.63, 3.8) is 0 Å². The van der Waals surface area contributed by atoms with Gasteiger partial charge < -0.3 is 0 Å². The van der Waals surface area contributed by atoms with E-state index in [-0.39, 0.29) is 17.1 Å². The first kappa shape index (κ1) is 10.5. The first-order chi connectivity index (χ1) is 5.56. The third-order valence-electron chi connectivity index (χ3n) is 1.00. The van der Waals surface area contributed by atoms with E-state index in [2.05, 4.69) is 0 Å². The Morgan fingerprint density at radius 3 is 2.17 bits per heavy atom. The molecule has 0 aliphatic heterocycles. The van der Waals surface area contributed by atoms with E-state index in [1.165, 1.54) is 13.8 Å². The van der Waals surface area contributed by atoms with Gasteiger partial charge in [-0.25, -0.2) is 0 Å². The van der Waals surface area contributed by atoms with Gasteiger partial charge in [-0.1, -0.05) is 0 Å². The highest BCUT2D eigenvalue weighted by Crippen LogP contribution is 1.89. The molecule has 0 aromatic rings. The Morgan fingerprint density at radius 1 is 1.17 bits per heavy atom. The van der Waals surface area contributed by atoms with Crippen LogP contribution in [-0.2, 0) is 14.4 Å². The average molecular weight is 165 g/mol. The van der Waals surface area contributed by atoms with Crippen LogP contribution in [0.15, 0.2) is 23.8 Å². The highest BCUT2D eigenvalue weighted by atomic mass is 16.1. The minimum atomic E-state index is -0.383. The lowest BCUT2D eigenvalue weighted by molar-refractivity contribution is -0.114. The van der Waals surface area contributed by atoms with Crippen molar-refractivity contribution in [1.82, 2.24) is 0 Å². The van der Waals surface area contributed by atoms with E-state index in [0.717, 1.165) is 18.2 Å². The lowest BCUT2D eigenvalue weighted by Crippen LogP contribution is -1.91. The number of allylic oxidation sites excluding steroid dienone is 4. The van der Waals surface area contributed by atoms with Crippen LogP contribution < -0.4 is 0 Å². The number of hydrogen-bond donors (Lipinski definition) is 0. The highest BCUT2D eigenvalue weighted by molar-refractivity contribution is 6.05. The molecule has 0 aromatic carbocycles. The van der Waals surface area contributed by atoms with Crippen molar-refractivity contribution in [1.29, 1.82) is 0 Å². The first-order valence-corrected chi connectivity index (χ1v) is 3.35. The summed E-state index contributed by atoms with van der Waals surface area (Å²) in [6.07, 6.45) is 4.94. The maximum absolute atomic E-state index is 10.8. The second-order valence-electron chi connectivity index (χ2n) is 2.28. The van der Waals surface area contributed by atoms with Gasteiger partial charge in [-0.2, -0.15) is 0 Å². The summed E-state index contributed by atoms with van der Waals surface area (Å²) in [7, 11) is 0. The largest absolute Gasteiger partial charge is 0.295 e. The second kappa shape index (κ2) is 5.18.